The highest BCUT2D eigenvalue weighted by molar-refractivity contribution is 5.76. The Kier molecular flexibility index (Phi) is 4.27. The average molecular weight is 301 g/mol. The Hall–Kier alpha value is -2.11. The van der Waals surface area contributed by atoms with Gasteiger partial charge in [0.2, 0.25) is 5.91 Å². The molecule has 0 unspecified atom stereocenters. The number of carbonyl (C=O) groups excluding carboxylic acids is 1. The van der Waals surface area contributed by atoms with Gasteiger partial charge in [-0.05, 0) is 44.7 Å². The van der Waals surface area contributed by atoms with Crippen LogP contribution in [0.25, 0.3) is 0 Å². The Balaban J connectivity index is 1.67. The van der Waals surface area contributed by atoms with E-state index in [0.29, 0.717) is 13.0 Å². The van der Waals surface area contributed by atoms with Crippen LogP contribution in [0.3, 0.4) is 0 Å². The molecule has 2 aromatic heterocycles. The molecule has 3 heterocycles. The van der Waals surface area contributed by atoms with E-state index in [1.807, 2.05) is 41.9 Å². The molecule has 1 atom stereocenters. The van der Waals surface area contributed by atoms with Crippen LogP contribution < -0.4 is 0 Å². The van der Waals surface area contributed by atoms with Crippen molar-refractivity contribution in [3.05, 3.63) is 35.4 Å². The number of nitrogens with one attached hydrogen (secondary N) is 1. The Labute approximate surface area is 130 Å². The molecule has 1 aliphatic heterocycles. The fraction of sp³-hybridized carbons (Fsp3) is 0.562. The summed E-state index contributed by atoms with van der Waals surface area (Å²) in [6.07, 6.45) is 7.50. The van der Waals surface area contributed by atoms with Crippen LogP contribution >= 0.6 is 0 Å². The number of aromatic nitrogens is 4. The van der Waals surface area contributed by atoms with Gasteiger partial charge >= 0.3 is 0 Å². The van der Waals surface area contributed by atoms with Crippen molar-refractivity contribution < 1.29 is 4.79 Å². The summed E-state index contributed by atoms with van der Waals surface area (Å²) in [7, 11) is 0. The van der Waals surface area contributed by atoms with Crippen LogP contribution in [0, 0.1) is 13.8 Å². The first kappa shape index (κ1) is 14.8. The lowest BCUT2D eigenvalue weighted by atomic mass is 9.97. The molecular weight excluding hydrogens is 278 g/mol. The van der Waals surface area contributed by atoms with Crippen LogP contribution in [0.2, 0.25) is 0 Å². The third-order valence-electron chi connectivity index (χ3n) is 4.35. The van der Waals surface area contributed by atoms with Gasteiger partial charge in [0.1, 0.15) is 0 Å². The van der Waals surface area contributed by atoms with Crippen LogP contribution in [0.4, 0.5) is 0 Å². The van der Waals surface area contributed by atoms with Gasteiger partial charge in [-0.25, -0.2) is 0 Å². The number of piperidine rings is 1. The van der Waals surface area contributed by atoms with Gasteiger partial charge in [0.15, 0.2) is 0 Å². The van der Waals surface area contributed by atoms with E-state index in [9.17, 15) is 4.79 Å². The molecule has 0 aliphatic carbocycles. The fourth-order valence-corrected chi connectivity index (χ4v) is 3.17. The summed E-state index contributed by atoms with van der Waals surface area (Å²) in [4.78, 5) is 14.7. The quantitative estimate of drug-likeness (QED) is 0.942. The van der Waals surface area contributed by atoms with Crippen LogP contribution in [-0.2, 0) is 11.3 Å². The second kappa shape index (κ2) is 6.34. The number of rotatable bonds is 4. The predicted molar refractivity (Wildman–Crippen MR) is 83.2 cm³/mol. The monoisotopic (exact) mass is 301 g/mol. The first-order valence-corrected chi connectivity index (χ1v) is 7.94. The number of hydrogen-bond donors (Lipinski definition) is 1. The van der Waals surface area contributed by atoms with Crippen LogP contribution in [0.1, 0.15) is 48.7 Å². The molecule has 3 rings (SSSR count). The van der Waals surface area contributed by atoms with Gasteiger partial charge in [-0.15, -0.1) is 0 Å². The van der Waals surface area contributed by atoms with E-state index in [1.54, 1.807) is 0 Å². The van der Waals surface area contributed by atoms with Crippen LogP contribution in [0.15, 0.2) is 18.5 Å². The highest BCUT2D eigenvalue weighted by Gasteiger charge is 2.29. The maximum absolute atomic E-state index is 12.6. The minimum absolute atomic E-state index is 0.142. The van der Waals surface area contributed by atoms with Crippen molar-refractivity contribution in [3.63, 3.8) is 0 Å². The lowest BCUT2D eigenvalue weighted by Gasteiger charge is -2.35. The molecule has 1 N–H and O–H groups in total. The van der Waals surface area contributed by atoms with Crippen molar-refractivity contribution in [2.45, 2.75) is 52.1 Å². The van der Waals surface area contributed by atoms with Gasteiger partial charge in [-0.2, -0.15) is 10.2 Å². The number of hydrogen-bond acceptors (Lipinski definition) is 3. The summed E-state index contributed by atoms with van der Waals surface area (Å²) >= 11 is 0. The van der Waals surface area contributed by atoms with Gasteiger partial charge in [0, 0.05) is 25.7 Å². The maximum Gasteiger partial charge on any atom is 0.224 e. The van der Waals surface area contributed by atoms with Gasteiger partial charge < -0.3 is 4.90 Å². The average Bonchev–Trinajstić information content (AvgIpc) is 3.13. The SMILES string of the molecule is Cc1ccn(CCC(=O)N2CCCC[C@H]2c2[nH]ncc2C)n1. The van der Waals surface area contributed by atoms with Crippen LogP contribution in [0.5, 0.6) is 0 Å². The minimum atomic E-state index is 0.142. The van der Waals surface area contributed by atoms with Gasteiger partial charge in [-0.3, -0.25) is 14.6 Å². The number of likely N-dealkylation sites (tertiary alicyclic amines) is 1. The second-order valence-corrected chi connectivity index (χ2v) is 6.04. The number of aromatic amines is 1. The van der Waals surface area contributed by atoms with E-state index >= 15 is 0 Å². The van der Waals surface area contributed by atoms with E-state index in [2.05, 4.69) is 15.3 Å². The summed E-state index contributed by atoms with van der Waals surface area (Å²) in [5.74, 6) is 0.201. The zero-order valence-corrected chi connectivity index (χ0v) is 13.2. The molecule has 6 heteroatoms. The minimum Gasteiger partial charge on any atom is -0.334 e. The third kappa shape index (κ3) is 3.05. The first-order valence-electron chi connectivity index (χ1n) is 7.94. The van der Waals surface area contributed by atoms with E-state index < -0.39 is 0 Å². The molecule has 1 amide bonds. The van der Waals surface area contributed by atoms with E-state index in [4.69, 9.17) is 0 Å². The van der Waals surface area contributed by atoms with E-state index in [-0.39, 0.29) is 11.9 Å². The smallest absolute Gasteiger partial charge is 0.224 e. The number of nitrogens with zero attached hydrogens (tertiary/aromatic N) is 4. The van der Waals surface area contributed by atoms with Crippen molar-refractivity contribution in [2.24, 2.45) is 0 Å². The Bertz CT molecular complexity index is 645. The molecule has 22 heavy (non-hydrogen) atoms. The zero-order valence-electron chi connectivity index (χ0n) is 13.2. The van der Waals surface area contributed by atoms with E-state index in [1.165, 1.54) is 0 Å². The highest BCUT2D eigenvalue weighted by Crippen LogP contribution is 2.31. The lowest BCUT2D eigenvalue weighted by molar-refractivity contribution is -0.135. The van der Waals surface area contributed by atoms with Crippen molar-refractivity contribution >= 4 is 5.91 Å². The number of H-pyrrole nitrogens is 1. The van der Waals surface area contributed by atoms with Crippen molar-refractivity contribution in [2.75, 3.05) is 6.54 Å². The Morgan fingerprint density at radius 3 is 2.95 bits per heavy atom. The van der Waals surface area contributed by atoms with Gasteiger partial charge in [0.05, 0.1) is 23.6 Å². The zero-order chi connectivity index (χ0) is 15.5. The Morgan fingerprint density at radius 1 is 1.41 bits per heavy atom. The molecule has 0 radical (unpaired) electrons. The molecule has 0 spiro atoms. The van der Waals surface area contributed by atoms with Crippen molar-refractivity contribution in [1.82, 2.24) is 24.9 Å². The molecular formula is C16H23N5O. The van der Waals surface area contributed by atoms with Gasteiger partial charge in [-0.1, -0.05) is 0 Å². The van der Waals surface area contributed by atoms with Crippen molar-refractivity contribution in [1.29, 1.82) is 0 Å². The topological polar surface area (TPSA) is 66.8 Å². The molecule has 1 saturated heterocycles. The van der Waals surface area contributed by atoms with Crippen molar-refractivity contribution in [3.8, 4) is 0 Å². The molecule has 0 aromatic carbocycles. The second-order valence-electron chi connectivity index (χ2n) is 6.04. The van der Waals surface area contributed by atoms with Crippen LogP contribution in [-0.4, -0.2) is 37.3 Å². The Morgan fingerprint density at radius 2 is 2.27 bits per heavy atom. The molecule has 1 aliphatic rings. The maximum atomic E-state index is 12.6. The molecule has 118 valence electrons. The fourth-order valence-electron chi connectivity index (χ4n) is 3.17. The molecule has 0 saturated carbocycles. The number of aryl methyl sites for hydroxylation is 3. The largest absolute Gasteiger partial charge is 0.334 e. The number of carbonyl (C=O) groups is 1. The molecule has 6 nitrogen and oxygen atoms in total. The predicted octanol–water partition coefficient (Wildman–Crippen LogP) is 2.37. The number of amides is 1. The summed E-state index contributed by atoms with van der Waals surface area (Å²) in [5.41, 5.74) is 3.20. The lowest BCUT2D eigenvalue weighted by Crippen LogP contribution is -2.39. The normalized spacial score (nSPS) is 18.6. The molecule has 0 bridgehead atoms. The van der Waals surface area contributed by atoms with E-state index in [0.717, 1.165) is 42.8 Å². The third-order valence-corrected chi connectivity index (χ3v) is 4.35. The summed E-state index contributed by atoms with van der Waals surface area (Å²) in [6.45, 7) is 5.47. The molecule has 1 fully saturated rings. The first-order chi connectivity index (χ1) is 10.6. The van der Waals surface area contributed by atoms with Gasteiger partial charge in [0.25, 0.3) is 0 Å². The highest BCUT2D eigenvalue weighted by atomic mass is 16.2. The summed E-state index contributed by atoms with van der Waals surface area (Å²) in [5, 5.41) is 11.5. The summed E-state index contributed by atoms with van der Waals surface area (Å²) < 4.78 is 1.84. The summed E-state index contributed by atoms with van der Waals surface area (Å²) in [6, 6.07) is 2.10. The molecule has 2 aromatic rings. The standard InChI is InChI=1S/C16H23N5O/c1-12-11-17-18-16(12)14-5-3-4-8-21(14)15(22)7-10-20-9-6-13(2)19-20/h6,9,11,14H,3-5,7-8,10H2,1-2H3,(H,17,18)/t14-/m0/s1.